The number of carboxylic acids is 1. The number of allylic oxidation sites excluding steroid dienone is 2. The summed E-state index contributed by atoms with van der Waals surface area (Å²) < 4.78 is 0. The predicted octanol–water partition coefficient (Wildman–Crippen LogP) is 5.04. The van der Waals surface area contributed by atoms with Crippen molar-refractivity contribution in [1.29, 1.82) is 0 Å². The average Bonchev–Trinajstić information content (AvgIpc) is 2.84. The Balaban J connectivity index is 1.66. The number of hydrogen-bond donors (Lipinski definition) is 1. The molecule has 0 radical (unpaired) electrons. The van der Waals surface area contributed by atoms with Crippen molar-refractivity contribution in [1.82, 2.24) is 0 Å². The molecule has 0 spiro atoms. The molecule has 4 rings (SSSR count). The van der Waals surface area contributed by atoms with Crippen molar-refractivity contribution < 1.29 is 9.90 Å². The first kappa shape index (κ1) is 14.8. The highest BCUT2D eigenvalue weighted by molar-refractivity contribution is 5.73. The molecule has 0 aliphatic heterocycles. The van der Waals surface area contributed by atoms with Crippen LogP contribution in [0.1, 0.15) is 71.6 Å². The highest BCUT2D eigenvalue weighted by Crippen LogP contribution is 2.65. The van der Waals surface area contributed by atoms with E-state index in [0.29, 0.717) is 11.3 Å². The minimum Gasteiger partial charge on any atom is -0.481 e. The zero-order valence-corrected chi connectivity index (χ0v) is 14.1. The Hall–Kier alpha value is -0.790. The molecule has 4 aliphatic rings. The molecule has 2 nitrogen and oxygen atoms in total. The maximum absolute atomic E-state index is 11.7. The van der Waals surface area contributed by atoms with Crippen LogP contribution in [0.25, 0.3) is 0 Å². The molecule has 2 heteroatoms. The lowest BCUT2D eigenvalue weighted by Gasteiger charge is -2.58. The van der Waals surface area contributed by atoms with Crippen molar-refractivity contribution in [2.45, 2.75) is 71.6 Å². The molecule has 0 amide bonds. The Bertz CT molecular complexity index is 522. The normalized spacial score (nSPS) is 50.5. The molecule has 0 aromatic heterocycles. The van der Waals surface area contributed by atoms with Gasteiger partial charge >= 0.3 is 5.97 Å². The van der Waals surface area contributed by atoms with E-state index in [-0.39, 0.29) is 11.3 Å². The van der Waals surface area contributed by atoms with Gasteiger partial charge in [-0.1, -0.05) is 38.3 Å². The van der Waals surface area contributed by atoms with Crippen molar-refractivity contribution in [2.24, 2.45) is 34.5 Å². The van der Waals surface area contributed by atoms with Crippen LogP contribution in [0.3, 0.4) is 0 Å². The summed E-state index contributed by atoms with van der Waals surface area (Å²) in [6.07, 6.45) is 13.8. The van der Waals surface area contributed by atoms with Crippen LogP contribution in [-0.4, -0.2) is 11.1 Å². The van der Waals surface area contributed by atoms with Crippen LogP contribution >= 0.6 is 0 Å². The molecule has 3 fully saturated rings. The van der Waals surface area contributed by atoms with Crippen LogP contribution in [0.15, 0.2) is 11.6 Å². The molecule has 0 saturated heterocycles. The number of rotatable bonds is 1. The lowest BCUT2D eigenvalue weighted by molar-refractivity contribution is -0.146. The summed E-state index contributed by atoms with van der Waals surface area (Å²) in [5.74, 6) is 1.69. The van der Waals surface area contributed by atoms with E-state index < -0.39 is 5.97 Å². The van der Waals surface area contributed by atoms with Gasteiger partial charge in [-0.25, -0.2) is 0 Å². The van der Waals surface area contributed by atoms with E-state index in [2.05, 4.69) is 19.9 Å². The molecule has 1 N–H and O–H groups in total. The highest BCUT2D eigenvalue weighted by Gasteiger charge is 2.57. The second-order valence-corrected chi connectivity index (χ2v) is 8.98. The predicted molar refractivity (Wildman–Crippen MR) is 87.4 cm³/mol. The molecule has 0 bridgehead atoms. The summed E-state index contributed by atoms with van der Waals surface area (Å²) in [5.41, 5.74) is 2.02. The van der Waals surface area contributed by atoms with Crippen LogP contribution in [0.2, 0.25) is 0 Å². The molecule has 2 unspecified atom stereocenters. The maximum Gasteiger partial charge on any atom is 0.307 e. The number of fused-ring (bicyclic) bond motifs is 5. The molecule has 22 heavy (non-hydrogen) atoms. The van der Waals surface area contributed by atoms with Crippen LogP contribution in [-0.2, 0) is 4.79 Å². The fourth-order valence-electron chi connectivity index (χ4n) is 7.00. The summed E-state index contributed by atoms with van der Waals surface area (Å²) in [4.78, 5) is 11.7. The second-order valence-electron chi connectivity index (χ2n) is 8.98. The van der Waals surface area contributed by atoms with Crippen molar-refractivity contribution in [3.05, 3.63) is 11.6 Å². The number of hydrogen-bond acceptors (Lipinski definition) is 1. The van der Waals surface area contributed by atoms with E-state index in [1.165, 1.54) is 44.9 Å². The Morgan fingerprint density at radius 3 is 2.73 bits per heavy atom. The summed E-state index contributed by atoms with van der Waals surface area (Å²) >= 11 is 0. The molecule has 0 aromatic carbocycles. The first-order valence-electron chi connectivity index (χ1n) is 9.40. The average molecular weight is 302 g/mol. The molecule has 0 heterocycles. The molecular formula is C20H30O2. The van der Waals surface area contributed by atoms with Gasteiger partial charge in [-0.3, -0.25) is 4.79 Å². The third-order valence-electron chi connectivity index (χ3n) is 8.28. The Morgan fingerprint density at radius 1 is 1.14 bits per heavy atom. The van der Waals surface area contributed by atoms with Crippen LogP contribution in [0, 0.1) is 34.5 Å². The van der Waals surface area contributed by atoms with E-state index in [4.69, 9.17) is 0 Å². The second kappa shape index (κ2) is 4.85. The lowest BCUT2D eigenvalue weighted by atomic mass is 9.46. The van der Waals surface area contributed by atoms with Gasteiger partial charge in [0.15, 0.2) is 0 Å². The van der Waals surface area contributed by atoms with E-state index >= 15 is 0 Å². The van der Waals surface area contributed by atoms with E-state index in [9.17, 15) is 9.90 Å². The monoisotopic (exact) mass is 302 g/mol. The van der Waals surface area contributed by atoms with Crippen LogP contribution in [0.5, 0.6) is 0 Å². The summed E-state index contributed by atoms with van der Waals surface area (Å²) in [5, 5.41) is 9.62. The topological polar surface area (TPSA) is 37.3 Å². The van der Waals surface area contributed by atoms with E-state index in [1.807, 2.05) is 0 Å². The fraction of sp³-hybridized carbons (Fsp3) is 0.850. The van der Waals surface area contributed by atoms with Crippen molar-refractivity contribution in [3.8, 4) is 0 Å². The van der Waals surface area contributed by atoms with Gasteiger partial charge in [-0.15, -0.1) is 0 Å². The minimum atomic E-state index is -0.579. The standard InChI is InChI=1S/C20H30O2/c1-19-11-4-3-5-13(19)6-7-14-15-8-9-17(18(21)22)20(15,2)12-10-16(14)19/h8,13-14,16-17H,3-7,9-12H2,1-2H3,(H,21,22)/t13?,14-,16-,17?,19-,20-/m0/s1. The SMILES string of the molecule is C[C@]12CC[C@H]3[C@@H](CCC4CCCC[C@@]43C)C1=CCC2C(=O)O. The lowest BCUT2D eigenvalue weighted by Crippen LogP contribution is -2.50. The molecule has 0 aromatic rings. The van der Waals surface area contributed by atoms with Crippen molar-refractivity contribution in [3.63, 3.8) is 0 Å². The van der Waals surface area contributed by atoms with Gasteiger partial charge in [-0.05, 0) is 68.1 Å². The van der Waals surface area contributed by atoms with Gasteiger partial charge in [0.2, 0.25) is 0 Å². The number of carbonyl (C=O) groups is 1. The summed E-state index contributed by atoms with van der Waals surface area (Å²) in [6, 6.07) is 0. The molecule has 6 atom stereocenters. The number of aliphatic carboxylic acids is 1. The molecular weight excluding hydrogens is 272 g/mol. The fourth-order valence-corrected chi connectivity index (χ4v) is 7.00. The van der Waals surface area contributed by atoms with E-state index in [1.54, 1.807) is 5.57 Å². The van der Waals surface area contributed by atoms with Gasteiger partial charge in [-0.2, -0.15) is 0 Å². The first-order valence-corrected chi connectivity index (χ1v) is 9.40. The third-order valence-corrected chi connectivity index (χ3v) is 8.28. The molecule has 3 saturated carbocycles. The van der Waals surface area contributed by atoms with Gasteiger partial charge in [0.05, 0.1) is 5.92 Å². The Labute approximate surface area is 134 Å². The van der Waals surface area contributed by atoms with Gasteiger partial charge < -0.3 is 5.11 Å². The zero-order valence-electron chi connectivity index (χ0n) is 14.1. The quantitative estimate of drug-likeness (QED) is 0.689. The van der Waals surface area contributed by atoms with Crippen LogP contribution in [0.4, 0.5) is 0 Å². The smallest absolute Gasteiger partial charge is 0.307 e. The van der Waals surface area contributed by atoms with Crippen molar-refractivity contribution >= 4 is 5.97 Å². The highest BCUT2D eigenvalue weighted by atomic mass is 16.4. The van der Waals surface area contributed by atoms with E-state index in [0.717, 1.165) is 24.7 Å². The zero-order chi connectivity index (χ0) is 15.5. The van der Waals surface area contributed by atoms with Gasteiger partial charge in [0.25, 0.3) is 0 Å². The Morgan fingerprint density at radius 2 is 1.95 bits per heavy atom. The van der Waals surface area contributed by atoms with Crippen molar-refractivity contribution in [2.75, 3.05) is 0 Å². The summed E-state index contributed by atoms with van der Waals surface area (Å²) in [7, 11) is 0. The minimum absolute atomic E-state index is 0.0507. The van der Waals surface area contributed by atoms with Gasteiger partial charge in [0.1, 0.15) is 0 Å². The number of carboxylic acid groups (broad SMARTS) is 1. The first-order chi connectivity index (χ1) is 10.5. The largest absolute Gasteiger partial charge is 0.481 e. The molecule has 122 valence electrons. The van der Waals surface area contributed by atoms with Crippen LogP contribution < -0.4 is 0 Å². The van der Waals surface area contributed by atoms with Gasteiger partial charge in [0, 0.05) is 5.41 Å². The maximum atomic E-state index is 11.7. The molecule has 4 aliphatic carbocycles. The summed E-state index contributed by atoms with van der Waals surface area (Å²) in [6.45, 7) is 4.82. The third kappa shape index (κ3) is 1.82. The Kier molecular flexibility index (Phi) is 3.26.